The summed E-state index contributed by atoms with van der Waals surface area (Å²) in [5, 5.41) is 13.3. The summed E-state index contributed by atoms with van der Waals surface area (Å²) in [7, 11) is 1.57. The van der Waals surface area contributed by atoms with Gasteiger partial charge in [-0.1, -0.05) is 42.5 Å². The van der Waals surface area contributed by atoms with Gasteiger partial charge < -0.3 is 5.32 Å². The number of hydrogen-bond donors (Lipinski definition) is 1. The molecule has 0 spiro atoms. The third-order valence-corrected chi connectivity index (χ3v) is 3.08. The van der Waals surface area contributed by atoms with E-state index in [2.05, 4.69) is 5.32 Å². The molecule has 2 rings (SSSR count). The van der Waals surface area contributed by atoms with Crippen LogP contribution in [0.15, 0.2) is 54.6 Å². The molecule has 5 nitrogen and oxygen atoms in total. The number of nitrogens with zero attached hydrogens (tertiary/aromatic N) is 1. The monoisotopic (exact) mass is 270 g/mol. The third-order valence-electron chi connectivity index (χ3n) is 3.08. The molecule has 2 aromatic carbocycles. The molecule has 0 fully saturated rings. The maximum absolute atomic E-state index is 12.1. The number of nitro groups is 1. The number of amides is 1. The third kappa shape index (κ3) is 2.83. The first-order chi connectivity index (χ1) is 9.63. The Labute approximate surface area is 116 Å². The number of nitro benzene ring substituents is 1. The Morgan fingerprint density at radius 3 is 2.10 bits per heavy atom. The number of carbonyl (C=O) groups excluding carboxylic acids is 1. The number of nitrogens with one attached hydrogen (secondary N) is 1. The Morgan fingerprint density at radius 2 is 1.60 bits per heavy atom. The molecule has 0 saturated carbocycles. The van der Waals surface area contributed by atoms with Gasteiger partial charge in [-0.3, -0.25) is 14.9 Å². The maximum Gasteiger partial charge on any atom is 0.269 e. The van der Waals surface area contributed by atoms with Crippen LogP contribution in [0.2, 0.25) is 0 Å². The predicted octanol–water partition coefficient (Wildman–Crippen LogP) is 2.47. The quantitative estimate of drug-likeness (QED) is 0.685. The van der Waals surface area contributed by atoms with E-state index in [1.54, 1.807) is 19.2 Å². The van der Waals surface area contributed by atoms with Gasteiger partial charge in [0.05, 0.1) is 10.8 Å². The average molecular weight is 270 g/mol. The van der Waals surface area contributed by atoms with Gasteiger partial charge in [-0.05, 0) is 11.1 Å². The van der Waals surface area contributed by atoms with Crippen LogP contribution in [0.25, 0.3) is 0 Å². The van der Waals surface area contributed by atoms with Crippen LogP contribution in [0, 0.1) is 10.1 Å². The van der Waals surface area contributed by atoms with Crippen LogP contribution in [0.4, 0.5) is 5.69 Å². The van der Waals surface area contributed by atoms with Crippen molar-refractivity contribution in [3.8, 4) is 0 Å². The topological polar surface area (TPSA) is 72.2 Å². The Hall–Kier alpha value is -2.69. The molecule has 0 aromatic heterocycles. The summed E-state index contributed by atoms with van der Waals surface area (Å²) in [5.41, 5.74) is 1.58. The summed E-state index contributed by atoms with van der Waals surface area (Å²) in [6, 6.07) is 15.4. The molecule has 0 saturated heterocycles. The van der Waals surface area contributed by atoms with Crippen LogP contribution in [-0.2, 0) is 4.79 Å². The van der Waals surface area contributed by atoms with Crippen molar-refractivity contribution in [2.75, 3.05) is 7.05 Å². The van der Waals surface area contributed by atoms with Crippen molar-refractivity contribution in [2.24, 2.45) is 0 Å². The predicted molar refractivity (Wildman–Crippen MR) is 75.4 cm³/mol. The Morgan fingerprint density at radius 1 is 1.05 bits per heavy atom. The molecule has 0 radical (unpaired) electrons. The second-order valence-corrected chi connectivity index (χ2v) is 4.31. The summed E-state index contributed by atoms with van der Waals surface area (Å²) in [4.78, 5) is 22.3. The van der Waals surface area contributed by atoms with Crippen LogP contribution in [0.1, 0.15) is 17.0 Å². The number of likely N-dealkylation sites (N-methyl/N-ethyl adjacent to an activating group) is 1. The minimum atomic E-state index is -0.470. The lowest BCUT2D eigenvalue weighted by Crippen LogP contribution is -2.26. The highest BCUT2D eigenvalue weighted by molar-refractivity contribution is 5.86. The fourth-order valence-electron chi connectivity index (χ4n) is 2.07. The minimum absolute atomic E-state index is 0.0115. The van der Waals surface area contributed by atoms with E-state index in [9.17, 15) is 14.9 Å². The lowest BCUT2D eigenvalue weighted by Gasteiger charge is -2.16. The van der Waals surface area contributed by atoms with E-state index in [0.717, 1.165) is 11.1 Å². The lowest BCUT2D eigenvalue weighted by atomic mass is 9.90. The van der Waals surface area contributed by atoms with E-state index in [1.807, 2.05) is 30.3 Å². The van der Waals surface area contributed by atoms with Crippen LogP contribution in [0.5, 0.6) is 0 Å². The van der Waals surface area contributed by atoms with E-state index in [-0.39, 0.29) is 11.6 Å². The number of benzene rings is 2. The van der Waals surface area contributed by atoms with Crippen molar-refractivity contribution in [3.05, 3.63) is 75.8 Å². The average Bonchev–Trinajstić information content (AvgIpc) is 2.49. The zero-order chi connectivity index (χ0) is 14.5. The molecule has 1 unspecified atom stereocenters. The number of hydrogen-bond acceptors (Lipinski definition) is 3. The summed E-state index contributed by atoms with van der Waals surface area (Å²) >= 11 is 0. The number of carbonyl (C=O) groups is 1. The first-order valence-electron chi connectivity index (χ1n) is 6.14. The first kappa shape index (κ1) is 13.7. The zero-order valence-corrected chi connectivity index (χ0v) is 10.9. The zero-order valence-electron chi connectivity index (χ0n) is 10.9. The lowest BCUT2D eigenvalue weighted by molar-refractivity contribution is -0.384. The van der Waals surface area contributed by atoms with Crippen LogP contribution >= 0.6 is 0 Å². The van der Waals surface area contributed by atoms with Gasteiger partial charge in [-0.2, -0.15) is 0 Å². The first-order valence-corrected chi connectivity index (χ1v) is 6.14. The van der Waals surface area contributed by atoms with Crippen molar-refractivity contribution in [1.29, 1.82) is 0 Å². The summed E-state index contributed by atoms with van der Waals surface area (Å²) in [6.07, 6.45) is 0. The van der Waals surface area contributed by atoms with E-state index >= 15 is 0 Å². The van der Waals surface area contributed by atoms with Crippen molar-refractivity contribution in [1.82, 2.24) is 5.32 Å². The van der Waals surface area contributed by atoms with Gasteiger partial charge in [-0.25, -0.2) is 0 Å². The minimum Gasteiger partial charge on any atom is -0.358 e. The smallest absolute Gasteiger partial charge is 0.269 e. The SMILES string of the molecule is CNC(=O)C(c1ccccc1)c1ccc([N+](=O)[O-])cc1. The van der Waals surface area contributed by atoms with Crippen molar-refractivity contribution < 1.29 is 9.72 Å². The summed E-state index contributed by atoms with van der Waals surface area (Å²) < 4.78 is 0. The molecule has 0 bridgehead atoms. The van der Waals surface area contributed by atoms with Gasteiger partial charge in [0.2, 0.25) is 5.91 Å². The van der Waals surface area contributed by atoms with E-state index in [1.165, 1.54) is 12.1 Å². The molecule has 5 heteroatoms. The highest BCUT2D eigenvalue weighted by Crippen LogP contribution is 2.26. The van der Waals surface area contributed by atoms with E-state index in [4.69, 9.17) is 0 Å². The molecule has 20 heavy (non-hydrogen) atoms. The fraction of sp³-hybridized carbons (Fsp3) is 0.133. The largest absolute Gasteiger partial charge is 0.358 e. The van der Waals surface area contributed by atoms with Crippen LogP contribution in [-0.4, -0.2) is 17.9 Å². The molecule has 1 atom stereocenters. The van der Waals surface area contributed by atoms with Gasteiger partial charge in [-0.15, -0.1) is 0 Å². The molecule has 0 aliphatic rings. The van der Waals surface area contributed by atoms with Crippen molar-refractivity contribution >= 4 is 11.6 Å². The second-order valence-electron chi connectivity index (χ2n) is 4.31. The standard InChI is InChI=1S/C15H14N2O3/c1-16-15(18)14(11-5-3-2-4-6-11)12-7-9-13(10-8-12)17(19)20/h2-10,14H,1H3,(H,16,18). The molecule has 102 valence electrons. The van der Waals surface area contributed by atoms with Crippen molar-refractivity contribution in [2.45, 2.75) is 5.92 Å². The van der Waals surface area contributed by atoms with Crippen molar-refractivity contribution in [3.63, 3.8) is 0 Å². The van der Waals surface area contributed by atoms with Gasteiger partial charge in [0, 0.05) is 19.2 Å². The maximum atomic E-state index is 12.1. The second kappa shape index (κ2) is 5.97. The normalized spacial score (nSPS) is 11.7. The molecule has 0 aliphatic heterocycles. The Bertz CT molecular complexity index is 609. The molecule has 0 aliphatic carbocycles. The van der Waals surface area contributed by atoms with Gasteiger partial charge in [0.25, 0.3) is 5.69 Å². The summed E-state index contributed by atoms with van der Waals surface area (Å²) in [5.74, 6) is -0.618. The molecular weight excluding hydrogens is 256 g/mol. The number of rotatable bonds is 4. The summed E-state index contributed by atoms with van der Waals surface area (Å²) in [6.45, 7) is 0. The fourth-order valence-corrected chi connectivity index (χ4v) is 2.07. The van der Waals surface area contributed by atoms with Gasteiger partial charge >= 0.3 is 0 Å². The van der Waals surface area contributed by atoms with Crippen LogP contribution in [0.3, 0.4) is 0 Å². The molecular formula is C15H14N2O3. The molecule has 2 aromatic rings. The Kier molecular flexibility index (Phi) is 4.10. The molecule has 1 amide bonds. The number of non-ortho nitro benzene ring substituents is 1. The van der Waals surface area contributed by atoms with Gasteiger partial charge in [0.1, 0.15) is 0 Å². The molecule has 0 heterocycles. The highest BCUT2D eigenvalue weighted by Gasteiger charge is 2.22. The van der Waals surface area contributed by atoms with E-state index < -0.39 is 10.8 Å². The highest BCUT2D eigenvalue weighted by atomic mass is 16.6. The van der Waals surface area contributed by atoms with E-state index in [0.29, 0.717) is 0 Å². The van der Waals surface area contributed by atoms with Crippen LogP contribution < -0.4 is 5.32 Å². The van der Waals surface area contributed by atoms with Gasteiger partial charge in [0.15, 0.2) is 0 Å². The Balaban J connectivity index is 2.42. The molecule has 1 N–H and O–H groups in total.